The maximum absolute atomic E-state index is 11.3. The molecule has 0 unspecified atom stereocenters. The first kappa shape index (κ1) is 13.5. The molecule has 0 radical (unpaired) electrons. The molecule has 3 nitrogen and oxygen atoms in total. The highest BCUT2D eigenvalue weighted by molar-refractivity contribution is 5.69. The van der Waals surface area contributed by atoms with E-state index in [1.54, 1.807) is 0 Å². The van der Waals surface area contributed by atoms with E-state index in [0.717, 1.165) is 38.5 Å². The van der Waals surface area contributed by atoms with Crippen LogP contribution in [0.5, 0.6) is 0 Å². The number of cyclic esters (lactones) is 1. The average Bonchev–Trinajstić information content (AvgIpc) is 2.26. The standard InChI is InChI=1S/C13H24O3/c14-12-8-5-3-1-2-4-6-11-16-13(15)10-7-9-12/h12,14H,1-11H2/t12-/m1/s1. The highest BCUT2D eigenvalue weighted by Gasteiger charge is 2.08. The maximum Gasteiger partial charge on any atom is 0.305 e. The van der Waals surface area contributed by atoms with Crippen LogP contribution in [0, 0.1) is 0 Å². The number of rotatable bonds is 0. The number of carbonyl (C=O) groups is 1. The quantitative estimate of drug-likeness (QED) is 0.648. The molecule has 1 saturated heterocycles. The summed E-state index contributed by atoms with van der Waals surface area (Å²) in [7, 11) is 0. The zero-order valence-electron chi connectivity index (χ0n) is 10.1. The van der Waals surface area contributed by atoms with Crippen molar-refractivity contribution in [2.75, 3.05) is 6.61 Å². The summed E-state index contributed by atoms with van der Waals surface area (Å²) in [4.78, 5) is 11.3. The second kappa shape index (κ2) is 8.57. The molecule has 1 fully saturated rings. The van der Waals surface area contributed by atoms with Gasteiger partial charge in [0.1, 0.15) is 0 Å². The molecule has 94 valence electrons. The molecule has 1 atom stereocenters. The van der Waals surface area contributed by atoms with Crippen molar-refractivity contribution in [3.8, 4) is 0 Å². The summed E-state index contributed by atoms with van der Waals surface area (Å²) in [5, 5.41) is 9.65. The van der Waals surface area contributed by atoms with Gasteiger partial charge in [0.25, 0.3) is 0 Å². The fourth-order valence-electron chi connectivity index (χ4n) is 2.07. The molecule has 3 heteroatoms. The highest BCUT2D eigenvalue weighted by Crippen LogP contribution is 2.13. The Morgan fingerprint density at radius 3 is 2.38 bits per heavy atom. The third-order valence-corrected chi connectivity index (χ3v) is 3.11. The topological polar surface area (TPSA) is 46.5 Å². The minimum Gasteiger partial charge on any atom is -0.466 e. The first-order valence-electron chi connectivity index (χ1n) is 6.63. The van der Waals surface area contributed by atoms with Gasteiger partial charge in [-0.25, -0.2) is 0 Å². The fourth-order valence-corrected chi connectivity index (χ4v) is 2.07. The van der Waals surface area contributed by atoms with Gasteiger partial charge >= 0.3 is 5.97 Å². The van der Waals surface area contributed by atoms with Crippen molar-refractivity contribution in [2.45, 2.75) is 70.3 Å². The molecule has 1 N–H and O–H groups in total. The number of aliphatic hydroxyl groups excluding tert-OH is 1. The lowest BCUT2D eigenvalue weighted by Gasteiger charge is -2.11. The normalized spacial score (nSPS) is 26.8. The van der Waals surface area contributed by atoms with Gasteiger partial charge in [-0.15, -0.1) is 0 Å². The van der Waals surface area contributed by atoms with E-state index in [-0.39, 0.29) is 12.1 Å². The molecule has 1 rings (SSSR count). The van der Waals surface area contributed by atoms with E-state index in [9.17, 15) is 9.90 Å². The molecule has 16 heavy (non-hydrogen) atoms. The SMILES string of the molecule is O=C1CCC[C@H](O)CCCCCCCCO1. The lowest BCUT2D eigenvalue weighted by molar-refractivity contribution is -0.144. The number of hydrogen-bond donors (Lipinski definition) is 1. The van der Waals surface area contributed by atoms with Crippen LogP contribution in [0.2, 0.25) is 0 Å². The third-order valence-electron chi connectivity index (χ3n) is 3.11. The Labute approximate surface area is 98.2 Å². The Morgan fingerprint density at radius 1 is 0.938 bits per heavy atom. The van der Waals surface area contributed by atoms with Gasteiger partial charge in [-0.3, -0.25) is 4.79 Å². The summed E-state index contributed by atoms with van der Waals surface area (Å²) in [5.74, 6) is -0.107. The van der Waals surface area contributed by atoms with E-state index >= 15 is 0 Å². The predicted molar refractivity (Wildman–Crippen MR) is 63.1 cm³/mol. The van der Waals surface area contributed by atoms with E-state index in [1.807, 2.05) is 0 Å². The second-order valence-electron chi connectivity index (χ2n) is 4.68. The van der Waals surface area contributed by atoms with Gasteiger partial charge in [0, 0.05) is 6.42 Å². The van der Waals surface area contributed by atoms with Crippen molar-refractivity contribution >= 4 is 5.97 Å². The van der Waals surface area contributed by atoms with Gasteiger partial charge in [0.05, 0.1) is 12.7 Å². The minimum absolute atomic E-state index is 0.107. The van der Waals surface area contributed by atoms with Gasteiger partial charge < -0.3 is 9.84 Å². The van der Waals surface area contributed by atoms with Gasteiger partial charge in [0.15, 0.2) is 0 Å². The van der Waals surface area contributed by atoms with E-state index in [4.69, 9.17) is 4.74 Å². The van der Waals surface area contributed by atoms with Crippen molar-refractivity contribution in [3.63, 3.8) is 0 Å². The lowest BCUT2D eigenvalue weighted by Crippen LogP contribution is -2.10. The summed E-state index contributed by atoms with van der Waals surface area (Å²) in [6.45, 7) is 0.571. The molecule has 1 aliphatic heterocycles. The summed E-state index contributed by atoms with van der Waals surface area (Å²) < 4.78 is 5.10. The third kappa shape index (κ3) is 6.83. The molecular weight excluding hydrogens is 204 g/mol. The van der Waals surface area contributed by atoms with E-state index in [2.05, 4.69) is 0 Å². The van der Waals surface area contributed by atoms with Crippen molar-refractivity contribution in [3.05, 3.63) is 0 Å². The van der Waals surface area contributed by atoms with Crippen LogP contribution in [-0.4, -0.2) is 23.8 Å². The van der Waals surface area contributed by atoms with Gasteiger partial charge in [-0.05, 0) is 25.7 Å². The van der Waals surface area contributed by atoms with Crippen LogP contribution < -0.4 is 0 Å². The number of carbonyl (C=O) groups excluding carboxylic acids is 1. The Balaban J connectivity index is 2.22. The number of ether oxygens (including phenoxy) is 1. The largest absolute Gasteiger partial charge is 0.466 e. The van der Waals surface area contributed by atoms with E-state index in [0.29, 0.717) is 13.0 Å². The van der Waals surface area contributed by atoms with Crippen LogP contribution >= 0.6 is 0 Å². The van der Waals surface area contributed by atoms with Crippen molar-refractivity contribution in [1.82, 2.24) is 0 Å². The molecule has 1 aliphatic rings. The minimum atomic E-state index is -0.226. The number of hydrogen-bond acceptors (Lipinski definition) is 3. The van der Waals surface area contributed by atoms with Crippen LogP contribution in [0.4, 0.5) is 0 Å². The lowest BCUT2D eigenvalue weighted by atomic mass is 10.0. The van der Waals surface area contributed by atoms with Gasteiger partial charge in [-0.1, -0.05) is 32.1 Å². The molecule has 0 amide bonds. The molecule has 1 heterocycles. The fraction of sp³-hybridized carbons (Fsp3) is 0.923. The monoisotopic (exact) mass is 228 g/mol. The summed E-state index contributed by atoms with van der Waals surface area (Å²) in [6.07, 6.45) is 9.53. The Hall–Kier alpha value is -0.570. The smallest absolute Gasteiger partial charge is 0.305 e. The van der Waals surface area contributed by atoms with Crippen LogP contribution in [0.25, 0.3) is 0 Å². The van der Waals surface area contributed by atoms with Gasteiger partial charge in [0.2, 0.25) is 0 Å². The van der Waals surface area contributed by atoms with Crippen LogP contribution in [0.15, 0.2) is 0 Å². The zero-order valence-corrected chi connectivity index (χ0v) is 10.1. The molecule has 0 aromatic rings. The Bertz CT molecular complexity index is 192. The molecule has 0 aromatic carbocycles. The highest BCUT2D eigenvalue weighted by atomic mass is 16.5. The number of aliphatic hydroxyl groups is 1. The molecule has 0 saturated carbocycles. The zero-order chi connectivity index (χ0) is 11.6. The number of esters is 1. The Kier molecular flexibility index (Phi) is 7.23. The van der Waals surface area contributed by atoms with Crippen molar-refractivity contribution in [2.24, 2.45) is 0 Å². The van der Waals surface area contributed by atoms with Crippen LogP contribution in [0.3, 0.4) is 0 Å². The summed E-state index contributed by atoms with van der Waals surface area (Å²) in [5.41, 5.74) is 0. The van der Waals surface area contributed by atoms with Crippen LogP contribution in [-0.2, 0) is 9.53 Å². The van der Waals surface area contributed by atoms with Crippen molar-refractivity contribution in [1.29, 1.82) is 0 Å². The second-order valence-corrected chi connectivity index (χ2v) is 4.68. The van der Waals surface area contributed by atoms with Gasteiger partial charge in [-0.2, -0.15) is 0 Å². The average molecular weight is 228 g/mol. The predicted octanol–water partition coefficient (Wildman–Crippen LogP) is 2.81. The first-order chi connectivity index (χ1) is 7.79. The molecule has 0 spiro atoms. The molecule has 0 aliphatic carbocycles. The maximum atomic E-state index is 11.3. The van der Waals surface area contributed by atoms with E-state index in [1.165, 1.54) is 19.3 Å². The van der Waals surface area contributed by atoms with Crippen molar-refractivity contribution < 1.29 is 14.6 Å². The van der Waals surface area contributed by atoms with Crippen LogP contribution in [0.1, 0.15) is 64.2 Å². The summed E-state index contributed by atoms with van der Waals surface area (Å²) >= 11 is 0. The molecule has 0 bridgehead atoms. The molecule has 0 aromatic heterocycles. The Morgan fingerprint density at radius 2 is 1.56 bits per heavy atom. The molecular formula is C13H24O3. The summed E-state index contributed by atoms with van der Waals surface area (Å²) in [6, 6.07) is 0. The van der Waals surface area contributed by atoms with E-state index < -0.39 is 0 Å². The first-order valence-corrected chi connectivity index (χ1v) is 6.63.